The van der Waals surface area contributed by atoms with E-state index in [1.165, 1.54) is 25.7 Å². The number of hydrogen-bond donors (Lipinski definition) is 0. The van der Waals surface area contributed by atoms with Gasteiger partial charge in [-0.25, -0.2) is 0 Å². The molecule has 0 heteroatoms. The minimum absolute atomic E-state index is 0.912. The molecule has 0 heterocycles. The third-order valence-electron chi connectivity index (χ3n) is 3.03. The molecule has 0 saturated heterocycles. The summed E-state index contributed by atoms with van der Waals surface area (Å²) in [6, 6.07) is 0. The maximum absolute atomic E-state index is 2.42. The van der Waals surface area contributed by atoms with Crippen molar-refractivity contribution in [1.82, 2.24) is 0 Å². The summed E-state index contributed by atoms with van der Waals surface area (Å²) in [4.78, 5) is 0. The third-order valence-corrected chi connectivity index (χ3v) is 3.03. The van der Waals surface area contributed by atoms with E-state index in [0.717, 1.165) is 17.8 Å². The van der Waals surface area contributed by atoms with Gasteiger partial charge in [-0.3, -0.25) is 0 Å². The normalized spacial score (nSPS) is 34.8. The SMILES string of the molecule is CC(C)C1CCCC[C@@H]1C. The highest BCUT2D eigenvalue weighted by atomic mass is 14.3. The van der Waals surface area contributed by atoms with E-state index < -0.39 is 0 Å². The molecule has 0 aliphatic heterocycles. The van der Waals surface area contributed by atoms with Crippen molar-refractivity contribution in [2.75, 3.05) is 0 Å². The molecule has 1 saturated carbocycles. The van der Waals surface area contributed by atoms with Gasteiger partial charge in [0.2, 0.25) is 0 Å². The van der Waals surface area contributed by atoms with Crippen LogP contribution >= 0.6 is 0 Å². The van der Waals surface area contributed by atoms with Crippen LogP contribution in [0, 0.1) is 17.8 Å². The van der Waals surface area contributed by atoms with Gasteiger partial charge in [-0.15, -0.1) is 0 Å². The summed E-state index contributed by atoms with van der Waals surface area (Å²) in [6.45, 7) is 7.16. The van der Waals surface area contributed by atoms with Crippen LogP contribution in [0.1, 0.15) is 46.5 Å². The van der Waals surface area contributed by atoms with Crippen LogP contribution < -0.4 is 0 Å². The zero-order valence-corrected chi connectivity index (χ0v) is 7.56. The molecule has 0 nitrogen and oxygen atoms in total. The summed E-state index contributed by atoms with van der Waals surface area (Å²) >= 11 is 0. The molecule has 0 aromatic heterocycles. The first-order valence-electron chi connectivity index (χ1n) is 4.72. The van der Waals surface area contributed by atoms with Crippen LogP contribution in [0.5, 0.6) is 0 Å². The van der Waals surface area contributed by atoms with Crippen molar-refractivity contribution >= 4 is 0 Å². The fourth-order valence-electron chi connectivity index (χ4n) is 2.34. The smallest absolute Gasteiger partial charge is 0.0365 e. The van der Waals surface area contributed by atoms with Gasteiger partial charge in [-0.2, -0.15) is 0 Å². The highest BCUT2D eigenvalue weighted by Gasteiger charge is 2.23. The molecule has 1 fully saturated rings. The predicted octanol–water partition coefficient (Wildman–Crippen LogP) is 3.47. The van der Waals surface area contributed by atoms with Gasteiger partial charge >= 0.3 is 0 Å². The van der Waals surface area contributed by atoms with Crippen molar-refractivity contribution in [3.05, 3.63) is 0 Å². The van der Waals surface area contributed by atoms with E-state index in [1.54, 1.807) is 0 Å². The second-order valence-electron chi connectivity index (χ2n) is 4.17. The summed E-state index contributed by atoms with van der Waals surface area (Å²) in [5, 5.41) is 0. The Kier molecular flexibility index (Phi) is 2.76. The van der Waals surface area contributed by atoms with Crippen LogP contribution in [0.25, 0.3) is 0 Å². The number of rotatable bonds is 1. The lowest BCUT2D eigenvalue weighted by Crippen LogP contribution is -2.21. The van der Waals surface area contributed by atoms with Crippen molar-refractivity contribution in [1.29, 1.82) is 0 Å². The van der Waals surface area contributed by atoms with Crippen molar-refractivity contribution in [3.8, 4) is 0 Å². The van der Waals surface area contributed by atoms with Gasteiger partial charge in [-0.1, -0.05) is 40.0 Å². The molecule has 10 heavy (non-hydrogen) atoms. The summed E-state index contributed by atoms with van der Waals surface area (Å²) in [6.07, 6.45) is 5.92. The Morgan fingerprint density at radius 1 is 1.10 bits per heavy atom. The Balaban J connectivity index is 2.40. The molecule has 1 aliphatic rings. The lowest BCUT2D eigenvalue weighted by atomic mass is 9.75. The Hall–Kier alpha value is 0. The standard InChI is InChI=1S/C10H20/c1-8(2)10-7-5-4-6-9(10)3/h8-10H,4-7H2,1-3H3/t9-,10?/m0/s1. The highest BCUT2D eigenvalue weighted by molar-refractivity contribution is 4.74. The highest BCUT2D eigenvalue weighted by Crippen LogP contribution is 2.34. The van der Waals surface area contributed by atoms with Gasteiger partial charge in [0.15, 0.2) is 0 Å². The van der Waals surface area contributed by atoms with E-state index in [4.69, 9.17) is 0 Å². The molecular weight excluding hydrogens is 120 g/mol. The maximum Gasteiger partial charge on any atom is -0.0365 e. The average Bonchev–Trinajstić information content (AvgIpc) is 1.88. The number of hydrogen-bond acceptors (Lipinski definition) is 0. The molecule has 0 bridgehead atoms. The minimum Gasteiger partial charge on any atom is -0.0625 e. The monoisotopic (exact) mass is 140 g/mol. The zero-order chi connectivity index (χ0) is 7.56. The van der Waals surface area contributed by atoms with E-state index >= 15 is 0 Å². The fraction of sp³-hybridized carbons (Fsp3) is 1.00. The molecule has 0 amide bonds. The summed E-state index contributed by atoms with van der Waals surface area (Å²) in [7, 11) is 0. The second-order valence-corrected chi connectivity index (χ2v) is 4.17. The van der Waals surface area contributed by atoms with Crippen LogP contribution in [0.15, 0.2) is 0 Å². The molecule has 0 N–H and O–H groups in total. The Labute approximate surface area is 65.0 Å². The summed E-state index contributed by atoms with van der Waals surface area (Å²) in [5.41, 5.74) is 0. The van der Waals surface area contributed by atoms with Crippen molar-refractivity contribution < 1.29 is 0 Å². The summed E-state index contributed by atoms with van der Waals surface area (Å²) in [5.74, 6) is 2.93. The molecular formula is C10H20. The topological polar surface area (TPSA) is 0 Å². The molecule has 2 atom stereocenters. The van der Waals surface area contributed by atoms with Crippen LogP contribution in [0.2, 0.25) is 0 Å². The van der Waals surface area contributed by atoms with Gasteiger partial charge in [-0.05, 0) is 24.2 Å². The van der Waals surface area contributed by atoms with E-state index in [0.29, 0.717) is 0 Å². The zero-order valence-electron chi connectivity index (χ0n) is 7.56. The Bertz CT molecular complexity index is 94.2. The molecule has 1 unspecified atom stereocenters. The van der Waals surface area contributed by atoms with Gasteiger partial charge in [0.25, 0.3) is 0 Å². The minimum atomic E-state index is 0.912. The van der Waals surface area contributed by atoms with E-state index in [1.807, 2.05) is 0 Å². The van der Waals surface area contributed by atoms with Gasteiger partial charge in [0.05, 0.1) is 0 Å². The van der Waals surface area contributed by atoms with Gasteiger partial charge in [0, 0.05) is 0 Å². The molecule has 0 spiro atoms. The van der Waals surface area contributed by atoms with Crippen LogP contribution in [-0.2, 0) is 0 Å². The fourth-order valence-corrected chi connectivity index (χ4v) is 2.34. The van der Waals surface area contributed by atoms with Crippen LogP contribution in [-0.4, -0.2) is 0 Å². The lowest BCUT2D eigenvalue weighted by molar-refractivity contribution is 0.196. The van der Waals surface area contributed by atoms with Crippen molar-refractivity contribution in [3.63, 3.8) is 0 Å². The van der Waals surface area contributed by atoms with E-state index in [9.17, 15) is 0 Å². The van der Waals surface area contributed by atoms with E-state index in [-0.39, 0.29) is 0 Å². The first kappa shape index (κ1) is 8.10. The molecule has 1 rings (SSSR count). The second kappa shape index (κ2) is 3.41. The van der Waals surface area contributed by atoms with E-state index in [2.05, 4.69) is 20.8 Å². The average molecular weight is 140 g/mol. The van der Waals surface area contributed by atoms with Gasteiger partial charge < -0.3 is 0 Å². The third kappa shape index (κ3) is 1.74. The first-order valence-corrected chi connectivity index (χ1v) is 4.72. The molecule has 60 valence electrons. The Morgan fingerprint density at radius 2 is 1.70 bits per heavy atom. The summed E-state index contributed by atoms with van der Waals surface area (Å²) < 4.78 is 0. The van der Waals surface area contributed by atoms with Crippen LogP contribution in [0.3, 0.4) is 0 Å². The first-order chi connectivity index (χ1) is 4.72. The van der Waals surface area contributed by atoms with Crippen molar-refractivity contribution in [2.45, 2.75) is 46.5 Å². The molecule has 0 aromatic rings. The Morgan fingerprint density at radius 3 is 2.10 bits per heavy atom. The predicted molar refractivity (Wildman–Crippen MR) is 46.0 cm³/mol. The molecule has 0 aromatic carbocycles. The quantitative estimate of drug-likeness (QED) is 0.523. The molecule has 1 aliphatic carbocycles. The lowest BCUT2D eigenvalue weighted by Gasteiger charge is -2.31. The van der Waals surface area contributed by atoms with Gasteiger partial charge in [0.1, 0.15) is 0 Å². The molecule has 0 radical (unpaired) electrons. The largest absolute Gasteiger partial charge is 0.0625 e. The maximum atomic E-state index is 2.42. The van der Waals surface area contributed by atoms with Crippen molar-refractivity contribution in [2.24, 2.45) is 17.8 Å². The van der Waals surface area contributed by atoms with Crippen LogP contribution in [0.4, 0.5) is 0 Å².